The van der Waals surface area contributed by atoms with Crippen LogP contribution in [0.5, 0.6) is 0 Å². The Morgan fingerprint density at radius 2 is 1.30 bits per heavy atom. The Morgan fingerprint density at radius 1 is 0.739 bits per heavy atom. The lowest BCUT2D eigenvalue weighted by Crippen LogP contribution is -2.61. The minimum absolute atomic E-state index is 0.304. The van der Waals surface area contributed by atoms with E-state index in [1.165, 1.54) is 14.0 Å². The van der Waals surface area contributed by atoms with Gasteiger partial charge in [-0.25, -0.2) is 0 Å². The van der Waals surface area contributed by atoms with Crippen LogP contribution in [0.2, 0.25) is 0 Å². The van der Waals surface area contributed by atoms with Gasteiger partial charge in [0.05, 0.1) is 12.7 Å². The molecule has 0 aliphatic carbocycles. The fourth-order valence-electron chi connectivity index (χ4n) is 2.59. The predicted octanol–water partition coefficient (Wildman–Crippen LogP) is -3.72. The fraction of sp³-hybridized carbons (Fsp3) is 1.00. The molecule has 23 heavy (non-hydrogen) atoms. The van der Waals surface area contributed by atoms with E-state index >= 15 is 0 Å². The van der Waals surface area contributed by atoms with Crippen molar-refractivity contribution < 1.29 is 49.6 Å². The largest absolute Gasteiger partial charge is 0.388 e. The Morgan fingerprint density at radius 3 is 1.91 bits per heavy atom. The van der Waals surface area contributed by atoms with Gasteiger partial charge in [0.2, 0.25) is 0 Å². The van der Waals surface area contributed by atoms with Gasteiger partial charge in [0.1, 0.15) is 42.7 Å². The molecule has 2 rings (SSSR count). The van der Waals surface area contributed by atoms with Crippen molar-refractivity contribution >= 4 is 0 Å². The number of aliphatic hydroxyl groups excluding tert-OH is 6. The highest BCUT2D eigenvalue weighted by molar-refractivity contribution is 4.90. The molecule has 136 valence electrons. The van der Waals surface area contributed by atoms with Crippen LogP contribution in [0.15, 0.2) is 0 Å². The average molecular weight is 340 g/mol. The van der Waals surface area contributed by atoms with Crippen LogP contribution in [-0.2, 0) is 18.9 Å². The van der Waals surface area contributed by atoms with E-state index in [9.17, 15) is 30.6 Å². The van der Waals surface area contributed by atoms with E-state index in [2.05, 4.69) is 0 Å². The Balaban J connectivity index is 1.94. The smallest absolute Gasteiger partial charge is 0.186 e. The molecule has 0 aromatic heterocycles. The van der Waals surface area contributed by atoms with E-state index in [-0.39, 0.29) is 6.61 Å². The SMILES string of the molecule is COC1OC(COC2OC(C)C(O)C(O)C2O)C(O)C(O)C1O. The molecule has 0 aromatic rings. The molecule has 0 amide bonds. The molecule has 0 spiro atoms. The van der Waals surface area contributed by atoms with E-state index in [4.69, 9.17) is 18.9 Å². The van der Waals surface area contributed by atoms with Crippen molar-refractivity contribution in [2.75, 3.05) is 13.7 Å². The highest BCUT2D eigenvalue weighted by Crippen LogP contribution is 2.25. The molecular weight excluding hydrogens is 316 g/mol. The summed E-state index contributed by atoms with van der Waals surface area (Å²) in [5, 5.41) is 58.4. The van der Waals surface area contributed by atoms with Crippen molar-refractivity contribution in [1.82, 2.24) is 0 Å². The highest BCUT2D eigenvalue weighted by Gasteiger charge is 2.46. The van der Waals surface area contributed by atoms with Gasteiger partial charge in [-0.2, -0.15) is 0 Å². The molecule has 10 atom stereocenters. The zero-order chi connectivity index (χ0) is 17.3. The number of ether oxygens (including phenoxy) is 4. The van der Waals surface area contributed by atoms with Crippen LogP contribution in [0, 0.1) is 0 Å². The van der Waals surface area contributed by atoms with Crippen LogP contribution >= 0.6 is 0 Å². The first-order valence-electron chi connectivity index (χ1n) is 7.31. The lowest BCUT2D eigenvalue weighted by Gasteiger charge is -2.42. The molecule has 2 heterocycles. The van der Waals surface area contributed by atoms with Gasteiger partial charge in [-0.15, -0.1) is 0 Å². The maximum Gasteiger partial charge on any atom is 0.186 e. The van der Waals surface area contributed by atoms with Gasteiger partial charge < -0.3 is 49.6 Å². The maximum atomic E-state index is 9.90. The molecule has 0 saturated carbocycles. The third-order valence-electron chi connectivity index (χ3n) is 4.13. The van der Waals surface area contributed by atoms with Crippen molar-refractivity contribution in [3.63, 3.8) is 0 Å². The Bertz CT molecular complexity index is 380. The van der Waals surface area contributed by atoms with Crippen molar-refractivity contribution in [1.29, 1.82) is 0 Å². The normalized spacial score (nSPS) is 51.7. The Labute approximate surface area is 132 Å². The molecular formula is C13H24O10. The van der Waals surface area contributed by atoms with Gasteiger partial charge in [0.25, 0.3) is 0 Å². The van der Waals surface area contributed by atoms with Gasteiger partial charge in [-0.05, 0) is 6.92 Å². The van der Waals surface area contributed by atoms with E-state index in [1.54, 1.807) is 0 Å². The minimum atomic E-state index is -1.49. The summed E-state index contributed by atoms with van der Waals surface area (Å²) in [6, 6.07) is 0. The van der Waals surface area contributed by atoms with Gasteiger partial charge in [0, 0.05) is 7.11 Å². The Kier molecular flexibility index (Phi) is 6.30. The summed E-state index contributed by atoms with van der Waals surface area (Å²) in [6.07, 6.45) is -12.7. The second-order valence-electron chi connectivity index (χ2n) is 5.77. The number of hydrogen-bond acceptors (Lipinski definition) is 10. The molecule has 0 radical (unpaired) electrons. The first kappa shape index (κ1) is 18.9. The average Bonchev–Trinajstić information content (AvgIpc) is 2.54. The lowest BCUT2D eigenvalue weighted by atomic mass is 9.99. The van der Waals surface area contributed by atoms with E-state index in [0.717, 1.165) is 0 Å². The van der Waals surface area contributed by atoms with Crippen molar-refractivity contribution in [2.24, 2.45) is 0 Å². The number of hydrogen-bond donors (Lipinski definition) is 6. The summed E-state index contributed by atoms with van der Waals surface area (Å²) in [5.41, 5.74) is 0. The zero-order valence-electron chi connectivity index (χ0n) is 12.8. The van der Waals surface area contributed by atoms with Crippen LogP contribution in [0.4, 0.5) is 0 Å². The van der Waals surface area contributed by atoms with E-state index < -0.39 is 61.4 Å². The summed E-state index contributed by atoms with van der Waals surface area (Å²) in [4.78, 5) is 0. The molecule has 10 unspecified atom stereocenters. The number of rotatable bonds is 4. The molecule has 10 heteroatoms. The van der Waals surface area contributed by atoms with Crippen LogP contribution in [0.25, 0.3) is 0 Å². The molecule has 2 saturated heterocycles. The van der Waals surface area contributed by atoms with Gasteiger partial charge in [0.15, 0.2) is 12.6 Å². The first-order chi connectivity index (χ1) is 10.8. The number of methoxy groups -OCH3 is 1. The molecule has 0 aromatic carbocycles. The van der Waals surface area contributed by atoms with Gasteiger partial charge in [-0.1, -0.05) is 0 Å². The quantitative estimate of drug-likeness (QED) is 0.300. The Hall–Kier alpha value is -0.400. The van der Waals surface area contributed by atoms with Gasteiger partial charge in [-0.3, -0.25) is 0 Å². The third-order valence-corrected chi connectivity index (χ3v) is 4.13. The van der Waals surface area contributed by atoms with Crippen molar-refractivity contribution in [3.05, 3.63) is 0 Å². The molecule has 10 nitrogen and oxygen atoms in total. The number of aliphatic hydroxyl groups is 6. The molecule has 2 fully saturated rings. The van der Waals surface area contributed by atoms with Gasteiger partial charge >= 0.3 is 0 Å². The zero-order valence-corrected chi connectivity index (χ0v) is 12.8. The summed E-state index contributed by atoms with van der Waals surface area (Å²) < 4.78 is 20.7. The summed E-state index contributed by atoms with van der Waals surface area (Å²) in [6.45, 7) is 1.20. The monoisotopic (exact) mass is 340 g/mol. The molecule has 2 aliphatic heterocycles. The topological polar surface area (TPSA) is 158 Å². The van der Waals surface area contributed by atoms with Crippen molar-refractivity contribution in [3.8, 4) is 0 Å². The fourth-order valence-corrected chi connectivity index (χ4v) is 2.59. The second-order valence-corrected chi connectivity index (χ2v) is 5.77. The second kappa shape index (κ2) is 7.66. The van der Waals surface area contributed by atoms with Crippen molar-refractivity contribution in [2.45, 2.75) is 68.3 Å². The molecule has 2 aliphatic rings. The van der Waals surface area contributed by atoms with Crippen LogP contribution in [-0.4, -0.2) is 106 Å². The standard InChI is InChI=1S/C13H24O10/c1-4-6(14)8(16)11(19)13(22-4)21-3-5-7(15)9(17)10(18)12(20-2)23-5/h4-19H,3H2,1-2H3. The van der Waals surface area contributed by atoms with Crippen LogP contribution in [0.3, 0.4) is 0 Å². The summed E-state index contributed by atoms with van der Waals surface area (Å²) >= 11 is 0. The summed E-state index contributed by atoms with van der Waals surface area (Å²) in [7, 11) is 1.27. The lowest BCUT2D eigenvalue weighted by molar-refractivity contribution is -0.325. The van der Waals surface area contributed by atoms with E-state index in [0.29, 0.717) is 0 Å². The maximum absolute atomic E-state index is 9.90. The minimum Gasteiger partial charge on any atom is -0.388 e. The molecule has 0 bridgehead atoms. The predicted molar refractivity (Wildman–Crippen MR) is 72.0 cm³/mol. The summed E-state index contributed by atoms with van der Waals surface area (Å²) in [5.74, 6) is 0. The van der Waals surface area contributed by atoms with Crippen LogP contribution in [0.1, 0.15) is 6.92 Å². The first-order valence-corrected chi connectivity index (χ1v) is 7.31. The molecule has 6 N–H and O–H groups in total. The highest BCUT2D eigenvalue weighted by atomic mass is 16.7. The van der Waals surface area contributed by atoms with E-state index in [1.807, 2.05) is 0 Å². The third kappa shape index (κ3) is 3.82. The van der Waals surface area contributed by atoms with Crippen LogP contribution < -0.4 is 0 Å².